The Hall–Kier alpha value is -1.79. The van der Waals surface area contributed by atoms with E-state index in [1.165, 1.54) is 0 Å². The fraction of sp³-hybridized carbons (Fsp3) is 0.417. The van der Waals surface area contributed by atoms with E-state index < -0.39 is 0 Å². The fourth-order valence-corrected chi connectivity index (χ4v) is 2.00. The Labute approximate surface area is 105 Å². The zero-order valence-corrected chi connectivity index (χ0v) is 9.99. The molecule has 6 heteroatoms. The van der Waals surface area contributed by atoms with Gasteiger partial charge in [-0.25, -0.2) is 0 Å². The highest BCUT2D eigenvalue weighted by molar-refractivity contribution is 5.84. The van der Waals surface area contributed by atoms with Crippen molar-refractivity contribution < 1.29 is 15.1 Å². The molecule has 0 spiro atoms. The molecule has 1 heterocycles. The predicted molar refractivity (Wildman–Crippen MR) is 66.5 cm³/mol. The minimum absolute atomic E-state index is 0.0932. The van der Waals surface area contributed by atoms with E-state index in [-0.39, 0.29) is 17.7 Å². The standard InChI is InChI=1S/C12H17N3O3/c13-12(14-17)11-8-15(4-5-18-11)7-9-2-1-3-10(16)6-9/h1-3,6,11,16-17H,4-5,7-8H2,(H2,13,14). The quantitative estimate of drug-likeness (QED) is 0.312. The Morgan fingerprint density at radius 3 is 3.11 bits per heavy atom. The maximum Gasteiger partial charge on any atom is 0.169 e. The maximum atomic E-state index is 9.41. The lowest BCUT2D eigenvalue weighted by atomic mass is 10.1. The first kappa shape index (κ1) is 12.7. The first-order valence-electron chi connectivity index (χ1n) is 5.78. The third-order valence-corrected chi connectivity index (χ3v) is 2.91. The molecule has 1 atom stereocenters. The molecule has 0 amide bonds. The van der Waals surface area contributed by atoms with Crippen LogP contribution in [0.25, 0.3) is 0 Å². The van der Waals surface area contributed by atoms with Gasteiger partial charge in [0.15, 0.2) is 5.84 Å². The number of phenols is 1. The van der Waals surface area contributed by atoms with Crippen LogP contribution < -0.4 is 5.73 Å². The predicted octanol–water partition coefficient (Wildman–Crippen LogP) is 0.339. The van der Waals surface area contributed by atoms with Gasteiger partial charge in [0.25, 0.3) is 0 Å². The van der Waals surface area contributed by atoms with Crippen molar-refractivity contribution in [3.05, 3.63) is 29.8 Å². The summed E-state index contributed by atoms with van der Waals surface area (Å²) < 4.78 is 5.42. The number of phenolic OH excluding ortho intramolecular Hbond substituents is 1. The molecular formula is C12H17N3O3. The number of morpholine rings is 1. The molecule has 0 aliphatic carbocycles. The third-order valence-electron chi connectivity index (χ3n) is 2.91. The number of benzene rings is 1. The number of ether oxygens (including phenoxy) is 1. The molecular weight excluding hydrogens is 234 g/mol. The molecule has 1 aliphatic heterocycles. The number of rotatable bonds is 3. The number of nitrogens with zero attached hydrogens (tertiary/aromatic N) is 2. The summed E-state index contributed by atoms with van der Waals surface area (Å²) in [5, 5.41) is 21.0. The van der Waals surface area contributed by atoms with E-state index in [4.69, 9.17) is 15.7 Å². The van der Waals surface area contributed by atoms with Crippen LogP contribution in [-0.2, 0) is 11.3 Å². The topological polar surface area (TPSA) is 91.3 Å². The molecule has 2 rings (SSSR count). The second-order valence-corrected chi connectivity index (χ2v) is 4.29. The number of hydrogen-bond acceptors (Lipinski definition) is 5. The van der Waals surface area contributed by atoms with Gasteiger partial charge in [0.05, 0.1) is 6.61 Å². The molecule has 98 valence electrons. The van der Waals surface area contributed by atoms with Gasteiger partial charge in [-0.3, -0.25) is 4.90 Å². The molecule has 0 saturated carbocycles. The zero-order valence-electron chi connectivity index (χ0n) is 9.99. The lowest BCUT2D eigenvalue weighted by molar-refractivity contribution is 0.00140. The van der Waals surface area contributed by atoms with Gasteiger partial charge in [-0.2, -0.15) is 0 Å². The molecule has 0 bridgehead atoms. The van der Waals surface area contributed by atoms with Gasteiger partial charge in [-0.15, -0.1) is 0 Å². The maximum absolute atomic E-state index is 9.41. The first-order valence-corrected chi connectivity index (χ1v) is 5.78. The van der Waals surface area contributed by atoms with Crippen LogP contribution in [0.15, 0.2) is 29.4 Å². The van der Waals surface area contributed by atoms with E-state index in [0.29, 0.717) is 19.7 Å². The monoisotopic (exact) mass is 251 g/mol. The molecule has 1 saturated heterocycles. The second kappa shape index (κ2) is 5.70. The highest BCUT2D eigenvalue weighted by atomic mass is 16.5. The zero-order chi connectivity index (χ0) is 13.0. The van der Waals surface area contributed by atoms with Gasteiger partial charge in [-0.05, 0) is 17.7 Å². The summed E-state index contributed by atoms with van der Waals surface area (Å²) in [6.07, 6.45) is -0.374. The SMILES string of the molecule is NC(=NO)C1CN(Cc2cccc(O)c2)CCO1. The van der Waals surface area contributed by atoms with Gasteiger partial charge >= 0.3 is 0 Å². The Balaban J connectivity index is 1.97. The molecule has 1 unspecified atom stereocenters. The summed E-state index contributed by atoms with van der Waals surface area (Å²) in [4.78, 5) is 2.14. The van der Waals surface area contributed by atoms with E-state index in [1.54, 1.807) is 12.1 Å². The minimum atomic E-state index is -0.374. The molecule has 4 N–H and O–H groups in total. The van der Waals surface area contributed by atoms with Crippen LogP contribution in [0, 0.1) is 0 Å². The Kier molecular flexibility index (Phi) is 4.01. The Morgan fingerprint density at radius 2 is 2.39 bits per heavy atom. The minimum Gasteiger partial charge on any atom is -0.508 e. The van der Waals surface area contributed by atoms with E-state index in [9.17, 15) is 5.11 Å². The van der Waals surface area contributed by atoms with Gasteiger partial charge < -0.3 is 20.8 Å². The average Bonchev–Trinajstić information content (AvgIpc) is 2.38. The average molecular weight is 251 g/mol. The highest BCUT2D eigenvalue weighted by Crippen LogP contribution is 2.15. The molecule has 1 aromatic rings. The largest absolute Gasteiger partial charge is 0.508 e. The van der Waals surface area contributed by atoms with Crippen LogP contribution in [0.2, 0.25) is 0 Å². The van der Waals surface area contributed by atoms with Gasteiger partial charge in [0.2, 0.25) is 0 Å². The van der Waals surface area contributed by atoms with Crippen molar-refractivity contribution in [2.24, 2.45) is 10.9 Å². The fourth-order valence-electron chi connectivity index (χ4n) is 2.00. The molecule has 18 heavy (non-hydrogen) atoms. The lowest BCUT2D eigenvalue weighted by Gasteiger charge is -2.32. The number of nitrogens with two attached hydrogens (primary N) is 1. The Bertz CT molecular complexity index is 436. The van der Waals surface area contributed by atoms with Crippen LogP contribution in [-0.4, -0.2) is 46.8 Å². The van der Waals surface area contributed by atoms with Crippen LogP contribution >= 0.6 is 0 Å². The normalized spacial score (nSPS) is 22.0. The molecule has 6 nitrogen and oxygen atoms in total. The summed E-state index contributed by atoms with van der Waals surface area (Å²) in [7, 11) is 0. The molecule has 0 aromatic heterocycles. The first-order chi connectivity index (χ1) is 8.69. The summed E-state index contributed by atoms with van der Waals surface area (Å²) in [5.41, 5.74) is 6.56. The van der Waals surface area contributed by atoms with Crippen molar-refractivity contribution in [2.45, 2.75) is 12.6 Å². The van der Waals surface area contributed by atoms with Crippen molar-refractivity contribution >= 4 is 5.84 Å². The number of oxime groups is 1. The molecule has 1 aliphatic rings. The summed E-state index contributed by atoms with van der Waals surface area (Å²) in [6.45, 7) is 2.60. The Morgan fingerprint density at radius 1 is 1.56 bits per heavy atom. The molecule has 1 fully saturated rings. The summed E-state index contributed by atoms with van der Waals surface area (Å²) in [6, 6.07) is 7.13. The summed E-state index contributed by atoms with van der Waals surface area (Å²) in [5.74, 6) is 0.351. The van der Waals surface area contributed by atoms with Gasteiger partial charge in [-0.1, -0.05) is 17.3 Å². The number of amidine groups is 1. The van der Waals surface area contributed by atoms with Crippen LogP contribution in [0.3, 0.4) is 0 Å². The van der Waals surface area contributed by atoms with Crippen molar-refractivity contribution in [2.75, 3.05) is 19.7 Å². The smallest absolute Gasteiger partial charge is 0.169 e. The van der Waals surface area contributed by atoms with Gasteiger partial charge in [0.1, 0.15) is 11.9 Å². The van der Waals surface area contributed by atoms with Crippen molar-refractivity contribution in [1.29, 1.82) is 0 Å². The third kappa shape index (κ3) is 3.12. The van der Waals surface area contributed by atoms with E-state index in [0.717, 1.165) is 12.1 Å². The lowest BCUT2D eigenvalue weighted by Crippen LogP contribution is -2.48. The molecule has 0 radical (unpaired) electrons. The van der Waals surface area contributed by atoms with E-state index >= 15 is 0 Å². The highest BCUT2D eigenvalue weighted by Gasteiger charge is 2.23. The van der Waals surface area contributed by atoms with E-state index in [1.807, 2.05) is 12.1 Å². The van der Waals surface area contributed by atoms with Gasteiger partial charge in [0, 0.05) is 19.6 Å². The van der Waals surface area contributed by atoms with Crippen molar-refractivity contribution in [1.82, 2.24) is 4.90 Å². The van der Waals surface area contributed by atoms with Crippen molar-refractivity contribution in [3.8, 4) is 5.75 Å². The second-order valence-electron chi connectivity index (χ2n) is 4.29. The van der Waals surface area contributed by atoms with Crippen LogP contribution in [0.5, 0.6) is 5.75 Å². The van der Waals surface area contributed by atoms with E-state index in [2.05, 4.69) is 10.1 Å². The van der Waals surface area contributed by atoms with Crippen LogP contribution in [0.4, 0.5) is 0 Å². The van der Waals surface area contributed by atoms with Crippen LogP contribution in [0.1, 0.15) is 5.56 Å². The number of hydrogen-bond donors (Lipinski definition) is 3. The molecule has 1 aromatic carbocycles. The van der Waals surface area contributed by atoms with Crippen molar-refractivity contribution in [3.63, 3.8) is 0 Å². The summed E-state index contributed by atoms with van der Waals surface area (Å²) >= 11 is 0. The number of aromatic hydroxyl groups is 1.